The van der Waals surface area contributed by atoms with Gasteiger partial charge in [0.25, 0.3) is 5.91 Å². The van der Waals surface area contributed by atoms with Gasteiger partial charge in [-0.05, 0) is 61.2 Å². The van der Waals surface area contributed by atoms with Gasteiger partial charge in [0.2, 0.25) is 5.91 Å². The van der Waals surface area contributed by atoms with Gasteiger partial charge < -0.3 is 21.7 Å². The van der Waals surface area contributed by atoms with E-state index in [-0.39, 0.29) is 11.8 Å². The number of carbonyl (C=O) groups is 2. The molecule has 4 rings (SSSR count). The van der Waals surface area contributed by atoms with Crippen LogP contribution in [0.1, 0.15) is 30.1 Å². The van der Waals surface area contributed by atoms with Crippen molar-refractivity contribution in [1.82, 2.24) is 4.98 Å². The first-order chi connectivity index (χ1) is 15.3. The smallest absolute Gasteiger partial charge is 0.257 e. The van der Waals surface area contributed by atoms with Gasteiger partial charge in [-0.15, -0.1) is 0 Å². The van der Waals surface area contributed by atoms with E-state index in [2.05, 4.69) is 10.3 Å². The summed E-state index contributed by atoms with van der Waals surface area (Å²) in [5.74, 6) is 0.223. The average Bonchev–Trinajstić information content (AvgIpc) is 3.59. The molecule has 0 bridgehead atoms. The highest BCUT2D eigenvalue weighted by Crippen LogP contribution is 2.35. The van der Waals surface area contributed by atoms with Crippen LogP contribution in [-0.4, -0.2) is 23.3 Å². The highest BCUT2D eigenvalue weighted by Gasteiger charge is 2.27. The molecule has 1 fully saturated rings. The van der Waals surface area contributed by atoms with Gasteiger partial charge in [0.05, 0.1) is 33.3 Å². The van der Waals surface area contributed by atoms with Crippen LogP contribution < -0.4 is 21.7 Å². The summed E-state index contributed by atoms with van der Waals surface area (Å²) in [7, 11) is 0. The first kappa shape index (κ1) is 21.6. The Labute approximate surface area is 191 Å². The molecule has 1 saturated carbocycles. The second-order valence-corrected chi connectivity index (χ2v) is 8.38. The fourth-order valence-electron chi connectivity index (χ4n) is 3.39. The maximum atomic E-state index is 12.5. The van der Waals surface area contributed by atoms with Gasteiger partial charge in [0.1, 0.15) is 0 Å². The summed E-state index contributed by atoms with van der Waals surface area (Å²) in [4.78, 5) is 30.7. The number of rotatable bonds is 6. The Morgan fingerprint density at radius 2 is 1.88 bits per heavy atom. The van der Waals surface area contributed by atoms with Gasteiger partial charge in [-0.25, -0.2) is 0 Å². The number of hydrogen-bond donors (Lipinski definition) is 3. The summed E-state index contributed by atoms with van der Waals surface area (Å²) >= 11 is 6.51. The molecule has 7 nitrogen and oxygen atoms in total. The van der Waals surface area contributed by atoms with E-state index in [1.165, 1.54) is 6.20 Å². The molecule has 0 atom stereocenters. The molecule has 0 saturated heterocycles. The number of nitrogens with zero attached hydrogens (tertiary/aromatic N) is 2. The summed E-state index contributed by atoms with van der Waals surface area (Å²) < 4.78 is 0. The van der Waals surface area contributed by atoms with E-state index in [1.54, 1.807) is 48.2 Å². The van der Waals surface area contributed by atoms with Crippen LogP contribution >= 0.6 is 11.6 Å². The van der Waals surface area contributed by atoms with Crippen LogP contribution in [0.4, 0.5) is 22.7 Å². The zero-order valence-electron chi connectivity index (χ0n) is 17.6. The van der Waals surface area contributed by atoms with Gasteiger partial charge in [0, 0.05) is 30.9 Å². The van der Waals surface area contributed by atoms with E-state index < -0.39 is 0 Å². The molecule has 0 unspecified atom stereocenters. The van der Waals surface area contributed by atoms with Crippen LogP contribution in [0.2, 0.25) is 5.02 Å². The summed E-state index contributed by atoms with van der Waals surface area (Å²) in [6, 6.07) is 13.9. The molecular formula is C24H24ClN5O2. The maximum absolute atomic E-state index is 12.5. The number of nitrogen functional groups attached to an aromatic ring is 2. The van der Waals surface area contributed by atoms with Gasteiger partial charge in [-0.1, -0.05) is 17.7 Å². The number of pyridine rings is 1. The molecule has 1 aliphatic rings. The fourth-order valence-corrected chi connectivity index (χ4v) is 3.68. The fraction of sp³-hybridized carbons (Fsp3) is 0.208. The molecule has 32 heavy (non-hydrogen) atoms. The molecular weight excluding hydrogens is 426 g/mol. The number of aromatic nitrogens is 1. The van der Waals surface area contributed by atoms with Crippen molar-refractivity contribution in [3.05, 3.63) is 65.3 Å². The number of carbonyl (C=O) groups excluding carboxylic acids is 2. The lowest BCUT2D eigenvalue weighted by Gasteiger charge is -2.22. The van der Waals surface area contributed by atoms with Crippen molar-refractivity contribution < 1.29 is 9.59 Å². The SMILES string of the molecule is CC(=O)N(CC1CC1)c1ccc(-c2ccc(C(=O)Nc3ccc(N)c(N)c3)cn2)cc1Cl. The second-order valence-electron chi connectivity index (χ2n) is 7.97. The zero-order valence-corrected chi connectivity index (χ0v) is 18.4. The molecule has 1 heterocycles. The first-order valence-electron chi connectivity index (χ1n) is 10.3. The highest BCUT2D eigenvalue weighted by molar-refractivity contribution is 6.34. The molecule has 5 N–H and O–H groups in total. The first-order valence-corrected chi connectivity index (χ1v) is 10.7. The van der Waals surface area contributed by atoms with Crippen LogP contribution in [0, 0.1) is 5.92 Å². The number of halogens is 1. The molecule has 0 aliphatic heterocycles. The number of nitrogens with two attached hydrogens (primary N) is 2. The van der Waals surface area contributed by atoms with E-state index in [1.807, 2.05) is 12.1 Å². The van der Waals surface area contributed by atoms with Crippen molar-refractivity contribution in [2.24, 2.45) is 5.92 Å². The van der Waals surface area contributed by atoms with Crippen molar-refractivity contribution in [3.8, 4) is 11.3 Å². The number of nitrogens with one attached hydrogen (secondary N) is 1. The van der Waals surface area contributed by atoms with E-state index in [0.29, 0.717) is 51.5 Å². The van der Waals surface area contributed by atoms with Crippen molar-refractivity contribution in [1.29, 1.82) is 0 Å². The summed E-state index contributed by atoms with van der Waals surface area (Å²) in [5, 5.41) is 3.26. The summed E-state index contributed by atoms with van der Waals surface area (Å²) in [6.45, 7) is 2.24. The summed E-state index contributed by atoms with van der Waals surface area (Å²) in [5.41, 5.74) is 15.5. The van der Waals surface area contributed by atoms with E-state index in [0.717, 1.165) is 18.4 Å². The standard InChI is InChI=1S/C24H24ClN5O2/c1-14(31)30(13-15-2-3-15)23-9-5-16(10-19(23)25)22-8-4-17(12-28-22)24(32)29-18-6-7-20(26)21(27)11-18/h4-12,15H,2-3,13,26-27H2,1H3,(H,29,32). The minimum Gasteiger partial charge on any atom is -0.397 e. The Morgan fingerprint density at radius 3 is 2.47 bits per heavy atom. The van der Waals surface area contributed by atoms with Crippen molar-refractivity contribution in [2.75, 3.05) is 28.2 Å². The van der Waals surface area contributed by atoms with E-state index >= 15 is 0 Å². The Bertz CT molecular complexity index is 1180. The Hall–Kier alpha value is -3.58. The molecule has 0 spiro atoms. The zero-order chi connectivity index (χ0) is 22.8. The maximum Gasteiger partial charge on any atom is 0.257 e. The van der Waals surface area contributed by atoms with Gasteiger partial charge >= 0.3 is 0 Å². The van der Waals surface area contributed by atoms with E-state index in [9.17, 15) is 9.59 Å². The normalized spacial score (nSPS) is 12.9. The van der Waals surface area contributed by atoms with Crippen LogP contribution in [-0.2, 0) is 4.79 Å². The van der Waals surface area contributed by atoms with Crippen molar-refractivity contribution >= 4 is 46.2 Å². The Kier molecular flexibility index (Phi) is 6.01. The molecule has 164 valence electrons. The van der Waals surface area contributed by atoms with Crippen LogP contribution in [0.5, 0.6) is 0 Å². The Morgan fingerprint density at radius 1 is 1.09 bits per heavy atom. The third-order valence-electron chi connectivity index (χ3n) is 5.42. The lowest BCUT2D eigenvalue weighted by molar-refractivity contribution is -0.116. The van der Waals surface area contributed by atoms with Gasteiger partial charge in [-0.3, -0.25) is 14.6 Å². The van der Waals surface area contributed by atoms with Crippen LogP contribution in [0.15, 0.2) is 54.7 Å². The van der Waals surface area contributed by atoms with Gasteiger partial charge in [-0.2, -0.15) is 0 Å². The van der Waals surface area contributed by atoms with Crippen molar-refractivity contribution in [3.63, 3.8) is 0 Å². The molecule has 1 aromatic heterocycles. The van der Waals surface area contributed by atoms with Crippen molar-refractivity contribution in [2.45, 2.75) is 19.8 Å². The number of hydrogen-bond acceptors (Lipinski definition) is 5. The molecule has 2 amide bonds. The Balaban J connectivity index is 1.49. The molecule has 1 aliphatic carbocycles. The minimum absolute atomic E-state index is 0.0251. The number of amides is 2. The van der Waals surface area contributed by atoms with Gasteiger partial charge in [0.15, 0.2) is 0 Å². The quantitative estimate of drug-likeness (QED) is 0.476. The predicted molar refractivity (Wildman–Crippen MR) is 129 cm³/mol. The van der Waals surface area contributed by atoms with Crippen LogP contribution in [0.3, 0.4) is 0 Å². The van der Waals surface area contributed by atoms with E-state index in [4.69, 9.17) is 23.1 Å². The lowest BCUT2D eigenvalue weighted by Crippen LogP contribution is -2.30. The highest BCUT2D eigenvalue weighted by atomic mass is 35.5. The molecule has 0 radical (unpaired) electrons. The molecule has 2 aromatic carbocycles. The third-order valence-corrected chi connectivity index (χ3v) is 5.73. The molecule has 8 heteroatoms. The molecule has 3 aromatic rings. The lowest BCUT2D eigenvalue weighted by atomic mass is 10.1. The summed E-state index contributed by atoms with van der Waals surface area (Å²) in [6.07, 6.45) is 3.80. The number of anilines is 4. The topological polar surface area (TPSA) is 114 Å². The largest absolute Gasteiger partial charge is 0.397 e. The monoisotopic (exact) mass is 449 g/mol. The minimum atomic E-state index is -0.307. The second kappa shape index (κ2) is 8.88. The number of benzene rings is 2. The average molecular weight is 450 g/mol. The predicted octanol–water partition coefficient (Wildman–Crippen LogP) is 4.58. The third kappa shape index (κ3) is 4.84. The van der Waals surface area contributed by atoms with Crippen LogP contribution in [0.25, 0.3) is 11.3 Å².